The Labute approximate surface area is 184 Å². The van der Waals surface area contributed by atoms with Crippen molar-refractivity contribution in [3.05, 3.63) is 45.3 Å². The highest BCUT2D eigenvalue weighted by Gasteiger charge is 2.46. The van der Waals surface area contributed by atoms with Crippen molar-refractivity contribution in [3.63, 3.8) is 0 Å². The van der Waals surface area contributed by atoms with Gasteiger partial charge in [0.1, 0.15) is 5.58 Å². The number of hydrogen-bond acceptors (Lipinski definition) is 5. The number of piperidine rings is 1. The van der Waals surface area contributed by atoms with Crippen LogP contribution >= 0.6 is 24.8 Å². The van der Waals surface area contributed by atoms with Gasteiger partial charge in [-0.2, -0.15) is 0 Å². The molecule has 0 amide bonds. The molecule has 3 atom stereocenters. The first kappa shape index (κ1) is 22.6. The molecule has 29 heavy (non-hydrogen) atoms. The van der Waals surface area contributed by atoms with E-state index in [1.807, 2.05) is 6.07 Å². The van der Waals surface area contributed by atoms with E-state index in [9.17, 15) is 4.79 Å². The number of nitrogens with zero attached hydrogens (tertiary/aromatic N) is 1. The van der Waals surface area contributed by atoms with E-state index in [0.717, 1.165) is 55.6 Å². The summed E-state index contributed by atoms with van der Waals surface area (Å²) >= 11 is 0. The van der Waals surface area contributed by atoms with Crippen LogP contribution in [0.2, 0.25) is 0 Å². The molecular weight excluding hydrogens is 411 g/mol. The minimum Gasteiger partial charge on any atom is -0.423 e. The van der Waals surface area contributed by atoms with Gasteiger partial charge >= 0.3 is 5.63 Å². The number of fused-ring (bicyclic) bond motifs is 3. The van der Waals surface area contributed by atoms with Crippen molar-refractivity contribution in [2.24, 2.45) is 0 Å². The fourth-order valence-corrected chi connectivity index (χ4v) is 5.37. The van der Waals surface area contributed by atoms with Gasteiger partial charge in [-0.1, -0.05) is 0 Å². The Bertz CT molecular complexity index is 934. The van der Waals surface area contributed by atoms with Crippen LogP contribution in [0, 0.1) is 13.8 Å². The zero-order valence-electron chi connectivity index (χ0n) is 17.0. The molecule has 0 saturated carbocycles. The van der Waals surface area contributed by atoms with Crippen LogP contribution < -0.4 is 10.9 Å². The molecular formula is C22H30Cl2N2O3. The second kappa shape index (κ2) is 8.56. The molecule has 1 N–H and O–H groups in total. The Morgan fingerprint density at radius 3 is 2.52 bits per heavy atom. The largest absolute Gasteiger partial charge is 0.423 e. The van der Waals surface area contributed by atoms with E-state index in [-0.39, 0.29) is 36.0 Å². The minimum atomic E-state index is -0.261. The average Bonchev–Trinajstić information content (AvgIpc) is 2.96. The average molecular weight is 441 g/mol. The third kappa shape index (κ3) is 4.35. The number of benzene rings is 1. The van der Waals surface area contributed by atoms with E-state index in [4.69, 9.17) is 9.15 Å². The molecule has 5 rings (SSSR count). The standard InChI is InChI=1S/C22H28N2O3.2ClH/c1-14-7-19-16(9-21(25)27-20(19)8-15(14)2)12-24-5-6-26-22(13-24)10-17-3-4-18(11-22)23-17;;/h7-9,17-18,23H,3-6,10-13H2,1-2H3;2*1H/t17-,18+,22?;;. The number of rotatable bonds is 2. The van der Waals surface area contributed by atoms with Crippen molar-refractivity contribution in [2.75, 3.05) is 19.7 Å². The van der Waals surface area contributed by atoms with Gasteiger partial charge in [0.15, 0.2) is 0 Å². The van der Waals surface area contributed by atoms with Gasteiger partial charge in [0.05, 0.1) is 12.2 Å². The lowest BCUT2D eigenvalue weighted by atomic mass is 9.85. The van der Waals surface area contributed by atoms with Crippen molar-refractivity contribution in [1.82, 2.24) is 10.2 Å². The molecule has 1 aromatic carbocycles. The molecule has 1 aromatic heterocycles. The molecule has 7 heteroatoms. The fourth-order valence-electron chi connectivity index (χ4n) is 5.37. The lowest BCUT2D eigenvalue weighted by Gasteiger charge is -2.47. The molecule has 1 unspecified atom stereocenters. The highest BCUT2D eigenvalue weighted by Crippen LogP contribution is 2.39. The maximum atomic E-state index is 12.1. The van der Waals surface area contributed by atoms with E-state index >= 15 is 0 Å². The van der Waals surface area contributed by atoms with Crippen LogP contribution in [0.1, 0.15) is 42.4 Å². The van der Waals surface area contributed by atoms with E-state index < -0.39 is 0 Å². The number of halogens is 2. The van der Waals surface area contributed by atoms with Gasteiger partial charge < -0.3 is 14.5 Å². The molecule has 0 radical (unpaired) electrons. The topological polar surface area (TPSA) is 54.7 Å². The minimum absolute atomic E-state index is 0. The van der Waals surface area contributed by atoms with E-state index in [0.29, 0.717) is 17.7 Å². The maximum Gasteiger partial charge on any atom is 0.336 e. The van der Waals surface area contributed by atoms with Gasteiger partial charge in [-0.15, -0.1) is 24.8 Å². The summed E-state index contributed by atoms with van der Waals surface area (Å²) in [5.41, 5.74) is 3.87. The number of ether oxygens (including phenoxy) is 1. The lowest BCUT2D eigenvalue weighted by molar-refractivity contribution is -0.133. The highest BCUT2D eigenvalue weighted by atomic mass is 35.5. The summed E-state index contributed by atoms with van der Waals surface area (Å²) < 4.78 is 11.8. The summed E-state index contributed by atoms with van der Waals surface area (Å²) in [6.07, 6.45) is 4.77. The van der Waals surface area contributed by atoms with Crippen LogP contribution in [0.5, 0.6) is 0 Å². The van der Waals surface area contributed by atoms with Gasteiger partial charge in [-0.05, 0) is 68.4 Å². The van der Waals surface area contributed by atoms with Crippen LogP contribution in [0.15, 0.2) is 27.4 Å². The third-order valence-electron chi connectivity index (χ3n) is 6.74. The Hall–Kier alpha value is -1.11. The normalized spacial score (nSPS) is 28.9. The van der Waals surface area contributed by atoms with Crippen LogP contribution in [-0.4, -0.2) is 42.3 Å². The number of morpholine rings is 1. The molecule has 3 aliphatic heterocycles. The van der Waals surface area contributed by atoms with E-state index in [1.165, 1.54) is 18.4 Å². The van der Waals surface area contributed by atoms with Crippen molar-refractivity contribution >= 4 is 35.8 Å². The molecule has 4 heterocycles. The van der Waals surface area contributed by atoms with Gasteiger partial charge in [0, 0.05) is 43.2 Å². The summed E-state index contributed by atoms with van der Waals surface area (Å²) in [5.74, 6) is 0. The summed E-state index contributed by atoms with van der Waals surface area (Å²) in [5, 5.41) is 4.78. The van der Waals surface area contributed by atoms with Crippen LogP contribution in [0.25, 0.3) is 11.0 Å². The molecule has 3 fully saturated rings. The maximum absolute atomic E-state index is 12.1. The van der Waals surface area contributed by atoms with Crippen molar-refractivity contribution in [2.45, 2.75) is 63.8 Å². The summed E-state index contributed by atoms with van der Waals surface area (Å²) in [4.78, 5) is 14.6. The Morgan fingerprint density at radius 2 is 1.79 bits per heavy atom. The number of hydrogen-bond donors (Lipinski definition) is 1. The van der Waals surface area contributed by atoms with Gasteiger partial charge in [-0.3, -0.25) is 4.90 Å². The Kier molecular flexibility index (Phi) is 6.66. The molecule has 1 spiro atoms. The Balaban J connectivity index is 0.00000120. The predicted molar refractivity (Wildman–Crippen MR) is 120 cm³/mol. The summed E-state index contributed by atoms with van der Waals surface area (Å²) in [6, 6.07) is 7.04. The third-order valence-corrected chi connectivity index (χ3v) is 6.74. The van der Waals surface area contributed by atoms with Gasteiger partial charge in [-0.25, -0.2) is 4.79 Å². The molecule has 160 valence electrons. The van der Waals surface area contributed by atoms with Crippen molar-refractivity contribution in [1.29, 1.82) is 0 Å². The highest BCUT2D eigenvalue weighted by molar-refractivity contribution is 5.85. The summed E-state index contributed by atoms with van der Waals surface area (Å²) in [7, 11) is 0. The van der Waals surface area contributed by atoms with E-state index in [2.05, 4.69) is 30.1 Å². The molecule has 2 bridgehead atoms. The molecule has 2 aromatic rings. The quantitative estimate of drug-likeness (QED) is 0.720. The zero-order valence-corrected chi connectivity index (χ0v) is 18.7. The number of aryl methyl sites for hydroxylation is 2. The second-order valence-electron chi connectivity index (χ2n) is 8.81. The van der Waals surface area contributed by atoms with Crippen molar-refractivity contribution < 1.29 is 9.15 Å². The van der Waals surface area contributed by atoms with E-state index in [1.54, 1.807) is 6.07 Å². The molecule has 3 aliphatic rings. The number of nitrogens with one attached hydrogen (secondary N) is 1. The Morgan fingerprint density at radius 1 is 1.10 bits per heavy atom. The van der Waals surface area contributed by atoms with Crippen molar-refractivity contribution in [3.8, 4) is 0 Å². The SMILES string of the molecule is Cc1cc2oc(=O)cc(CN3CCOC4(C[C@H]5CC[C@@H](C4)N5)C3)c2cc1C.Cl.Cl. The smallest absolute Gasteiger partial charge is 0.336 e. The lowest BCUT2D eigenvalue weighted by Crippen LogP contribution is -2.58. The molecule has 5 nitrogen and oxygen atoms in total. The molecule has 3 saturated heterocycles. The predicted octanol–water partition coefficient (Wildman–Crippen LogP) is 3.74. The first-order valence-electron chi connectivity index (χ1n) is 10.2. The van der Waals surface area contributed by atoms with Gasteiger partial charge in [0.2, 0.25) is 0 Å². The van der Waals surface area contributed by atoms with Gasteiger partial charge in [0.25, 0.3) is 0 Å². The first-order chi connectivity index (χ1) is 13.0. The monoisotopic (exact) mass is 440 g/mol. The molecule has 0 aliphatic carbocycles. The second-order valence-corrected chi connectivity index (χ2v) is 8.81. The zero-order chi connectivity index (χ0) is 18.6. The van der Waals surface area contributed by atoms with Crippen LogP contribution in [0.4, 0.5) is 0 Å². The fraction of sp³-hybridized carbons (Fsp3) is 0.591. The summed E-state index contributed by atoms with van der Waals surface area (Å²) in [6.45, 7) is 7.58. The van der Waals surface area contributed by atoms with Crippen LogP contribution in [0.3, 0.4) is 0 Å². The van der Waals surface area contributed by atoms with Crippen LogP contribution in [-0.2, 0) is 11.3 Å². The first-order valence-corrected chi connectivity index (χ1v) is 10.2.